The molecule has 1 saturated carbocycles. The highest BCUT2D eigenvalue weighted by Crippen LogP contribution is 2.18. The summed E-state index contributed by atoms with van der Waals surface area (Å²) in [6, 6.07) is 0.360. The molecular weight excluding hydrogens is 230 g/mol. The van der Waals surface area contributed by atoms with Crippen molar-refractivity contribution in [2.75, 3.05) is 19.6 Å². The summed E-state index contributed by atoms with van der Waals surface area (Å²) in [6.07, 6.45) is 4.58. The third kappa shape index (κ3) is 3.70. The average Bonchev–Trinajstić information content (AvgIpc) is 3.14. The summed E-state index contributed by atoms with van der Waals surface area (Å²) in [5, 5.41) is 6.15. The molecule has 18 heavy (non-hydrogen) atoms. The van der Waals surface area contributed by atoms with Gasteiger partial charge in [0.15, 0.2) is 0 Å². The maximum absolute atomic E-state index is 12.1. The lowest BCUT2D eigenvalue weighted by Crippen LogP contribution is -2.51. The molecule has 1 unspecified atom stereocenters. The number of likely N-dealkylation sites (N-methyl/N-ethyl adjacent to an activating group) is 1. The van der Waals surface area contributed by atoms with E-state index in [-0.39, 0.29) is 17.9 Å². The van der Waals surface area contributed by atoms with Crippen LogP contribution in [0.4, 0.5) is 0 Å². The Morgan fingerprint density at radius 2 is 2.17 bits per heavy atom. The average molecular weight is 253 g/mol. The molecule has 1 heterocycles. The maximum Gasteiger partial charge on any atom is 0.239 e. The predicted octanol–water partition coefficient (Wildman–Crippen LogP) is 0.256. The molecule has 2 fully saturated rings. The van der Waals surface area contributed by atoms with Crippen molar-refractivity contribution in [1.82, 2.24) is 15.5 Å². The Morgan fingerprint density at radius 1 is 1.39 bits per heavy atom. The zero-order valence-electron chi connectivity index (χ0n) is 11.1. The van der Waals surface area contributed by atoms with Gasteiger partial charge in [-0.1, -0.05) is 6.92 Å². The van der Waals surface area contributed by atoms with Crippen LogP contribution in [0.1, 0.15) is 39.0 Å². The van der Waals surface area contributed by atoms with Gasteiger partial charge in [-0.05, 0) is 32.2 Å². The Balaban J connectivity index is 1.73. The van der Waals surface area contributed by atoms with Crippen LogP contribution < -0.4 is 10.6 Å². The third-order valence-electron chi connectivity index (χ3n) is 3.53. The second-order valence-corrected chi connectivity index (χ2v) is 5.17. The number of hydrogen-bond acceptors (Lipinski definition) is 3. The smallest absolute Gasteiger partial charge is 0.239 e. The van der Waals surface area contributed by atoms with E-state index in [1.54, 1.807) is 0 Å². The monoisotopic (exact) mass is 253 g/mol. The largest absolute Gasteiger partial charge is 0.353 e. The minimum atomic E-state index is -0.0461. The Kier molecular flexibility index (Phi) is 4.58. The fourth-order valence-corrected chi connectivity index (χ4v) is 2.36. The molecule has 0 aromatic rings. The number of nitrogens with zero attached hydrogens (tertiary/aromatic N) is 1. The highest BCUT2D eigenvalue weighted by molar-refractivity contribution is 5.83. The van der Waals surface area contributed by atoms with E-state index in [0.29, 0.717) is 19.0 Å². The Bertz CT molecular complexity index is 313. The molecule has 2 N–H and O–H groups in total. The first kappa shape index (κ1) is 13.3. The van der Waals surface area contributed by atoms with Crippen molar-refractivity contribution in [2.45, 2.75) is 51.1 Å². The van der Waals surface area contributed by atoms with Gasteiger partial charge in [0.1, 0.15) is 0 Å². The van der Waals surface area contributed by atoms with Crippen molar-refractivity contribution >= 4 is 11.8 Å². The van der Waals surface area contributed by atoms with Gasteiger partial charge >= 0.3 is 0 Å². The highest BCUT2D eigenvalue weighted by atomic mass is 16.2. The van der Waals surface area contributed by atoms with E-state index in [1.807, 2.05) is 11.8 Å². The summed E-state index contributed by atoms with van der Waals surface area (Å²) < 4.78 is 0. The van der Waals surface area contributed by atoms with E-state index in [9.17, 15) is 9.59 Å². The summed E-state index contributed by atoms with van der Waals surface area (Å²) in [6.45, 7) is 4.17. The van der Waals surface area contributed by atoms with Gasteiger partial charge in [0.25, 0.3) is 0 Å². The molecule has 0 spiro atoms. The van der Waals surface area contributed by atoms with E-state index < -0.39 is 0 Å². The number of amides is 2. The molecule has 0 aromatic heterocycles. The molecule has 1 atom stereocenters. The van der Waals surface area contributed by atoms with Crippen molar-refractivity contribution in [3.8, 4) is 0 Å². The summed E-state index contributed by atoms with van der Waals surface area (Å²) >= 11 is 0. The predicted molar refractivity (Wildman–Crippen MR) is 69.1 cm³/mol. The molecule has 1 aliphatic carbocycles. The van der Waals surface area contributed by atoms with Crippen molar-refractivity contribution in [3.63, 3.8) is 0 Å². The normalized spacial score (nSPS) is 24.2. The van der Waals surface area contributed by atoms with Crippen molar-refractivity contribution < 1.29 is 9.59 Å². The molecule has 1 aliphatic heterocycles. The van der Waals surface area contributed by atoms with Gasteiger partial charge in [0.05, 0.1) is 6.04 Å². The summed E-state index contributed by atoms with van der Waals surface area (Å²) in [5.41, 5.74) is 0. The zero-order valence-corrected chi connectivity index (χ0v) is 11.1. The van der Waals surface area contributed by atoms with Crippen LogP contribution in [0.2, 0.25) is 0 Å². The van der Waals surface area contributed by atoms with E-state index in [4.69, 9.17) is 0 Å². The quantitative estimate of drug-likeness (QED) is 0.713. The molecule has 5 heteroatoms. The lowest BCUT2D eigenvalue weighted by atomic mass is 10.0. The van der Waals surface area contributed by atoms with Gasteiger partial charge in [-0.2, -0.15) is 0 Å². The van der Waals surface area contributed by atoms with E-state index in [2.05, 4.69) is 10.6 Å². The van der Waals surface area contributed by atoms with Crippen LogP contribution >= 0.6 is 0 Å². The molecular formula is C13H23N3O2. The maximum atomic E-state index is 12.1. The molecule has 0 bridgehead atoms. The number of likely N-dealkylation sites (tertiary alicyclic amines) is 1. The number of nitrogens with one attached hydrogen (secondary N) is 2. The number of piperidine rings is 1. The van der Waals surface area contributed by atoms with Crippen molar-refractivity contribution in [2.24, 2.45) is 0 Å². The van der Waals surface area contributed by atoms with Crippen LogP contribution in [-0.4, -0.2) is 48.4 Å². The van der Waals surface area contributed by atoms with Crippen LogP contribution in [0.15, 0.2) is 0 Å². The molecule has 2 aliphatic rings. The summed E-state index contributed by atoms with van der Waals surface area (Å²) in [4.78, 5) is 25.5. The van der Waals surface area contributed by atoms with Crippen LogP contribution in [0.3, 0.4) is 0 Å². The molecule has 2 amide bonds. The van der Waals surface area contributed by atoms with Crippen LogP contribution in [-0.2, 0) is 9.59 Å². The van der Waals surface area contributed by atoms with Gasteiger partial charge in [-0.25, -0.2) is 0 Å². The third-order valence-corrected chi connectivity index (χ3v) is 3.53. The van der Waals surface area contributed by atoms with Gasteiger partial charge in [0.2, 0.25) is 11.8 Å². The lowest BCUT2D eigenvalue weighted by Gasteiger charge is -2.32. The number of carbonyl (C=O) groups excluding carboxylic acids is 2. The zero-order chi connectivity index (χ0) is 13.0. The molecule has 5 nitrogen and oxygen atoms in total. The van der Waals surface area contributed by atoms with E-state index in [1.165, 1.54) is 0 Å². The van der Waals surface area contributed by atoms with Crippen LogP contribution in [0.5, 0.6) is 0 Å². The molecule has 102 valence electrons. The molecule has 1 saturated heterocycles. The Labute approximate surface area is 108 Å². The van der Waals surface area contributed by atoms with E-state index >= 15 is 0 Å². The summed E-state index contributed by atoms with van der Waals surface area (Å²) in [5.74, 6) is 0.234. The topological polar surface area (TPSA) is 61.4 Å². The van der Waals surface area contributed by atoms with Crippen LogP contribution in [0.25, 0.3) is 0 Å². The first-order valence-corrected chi connectivity index (χ1v) is 7.02. The second-order valence-electron chi connectivity index (χ2n) is 5.17. The first-order valence-electron chi connectivity index (χ1n) is 7.02. The molecule has 2 rings (SSSR count). The van der Waals surface area contributed by atoms with Gasteiger partial charge in [-0.3, -0.25) is 9.59 Å². The number of hydrogen-bond donors (Lipinski definition) is 2. The second kappa shape index (κ2) is 6.18. The van der Waals surface area contributed by atoms with E-state index in [0.717, 1.165) is 38.8 Å². The number of carbonyl (C=O) groups is 2. The minimum absolute atomic E-state index is 0.0461. The highest BCUT2D eigenvalue weighted by Gasteiger charge is 2.28. The van der Waals surface area contributed by atoms with Crippen molar-refractivity contribution in [1.29, 1.82) is 0 Å². The standard InChI is InChI=1S/C13H23N3O2/c1-2-14-11-4-3-8-16(13(11)18)9-7-12(17)15-10-5-6-10/h10-11,14H,2-9H2,1H3,(H,15,17). The first-order chi connectivity index (χ1) is 8.70. The van der Waals surface area contributed by atoms with Gasteiger partial charge in [0, 0.05) is 25.6 Å². The lowest BCUT2D eigenvalue weighted by molar-refractivity contribution is -0.136. The summed E-state index contributed by atoms with van der Waals surface area (Å²) in [7, 11) is 0. The molecule has 0 aromatic carbocycles. The fourth-order valence-electron chi connectivity index (χ4n) is 2.36. The van der Waals surface area contributed by atoms with Crippen LogP contribution in [0, 0.1) is 0 Å². The minimum Gasteiger partial charge on any atom is -0.353 e. The fraction of sp³-hybridized carbons (Fsp3) is 0.846. The van der Waals surface area contributed by atoms with Crippen molar-refractivity contribution in [3.05, 3.63) is 0 Å². The SMILES string of the molecule is CCNC1CCCN(CCC(=O)NC2CC2)C1=O. The van der Waals surface area contributed by atoms with Gasteiger partial charge in [-0.15, -0.1) is 0 Å². The Morgan fingerprint density at radius 3 is 2.83 bits per heavy atom. The number of rotatable bonds is 6. The Hall–Kier alpha value is -1.10. The van der Waals surface area contributed by atoms with Gasteiger partial charge < -0.3 is 15.5 Å². The molecule has 0 radical (unpaired) electrons.